The van der Waals surface area contributed by atoms with Gasteiger partial charge in [-0.25, -0.2) is 14.4 Å². The maximum atomic E-state index is 13.4. The highest BCUT2D eigenvalue weighted by Crippen LogP contribution is 2.31. The Hall–Kier alpha value is -3.41. The Kier molecular flexibility index (Phi) is 6.87. The summed E-state index contributed by atoms with van der Waals surface area (Å²) >= 11 is 6.88. The van der Waals surface area contributed by atoms with E-state index in [0.717, 1.165) is 11.3 Å². The zero-order valence-corrected chi connectivity index (χ0v) is 20.0. The molecule has 0 unspecified atom stereocenters. The lowest BCUT2D eigenvalue weighted by Crippen LogP contribution is -2.14. The van der Waals surface area contributed by atoms with Crippen LogP contribution in [0.3, 0.4) is 0 Å². The zero-order valence-electron chi connectivity index (χ0n) is 17.6. The smallest absolute Gasteiger partial charge is 0.281 e. The number of anilines is 2. The Labute approximate surface area is 204 Å². The number of ether oxygens (including phenoxy) is 1. The van der Waals surface area contributed by atoms with Crippen LogP contribution in [0.15, 0.2) is 65.1 Å². The van der Waals surface area contributed by atoms with E-state index in [4.69, 9.17) is 16.3 Å². The molecule has 8 nitrogen and oxygen atoms in total. The van der Waals surface area contributed by atoms with Crippen molar-refractivity contribution in [1.82, 2.24) is 9.97 Å². The number of hydrogen-bond acceptors (Lipinski definition) is 8. The first-order valence-corrected chi connectivity index (χ1v) is 12.5. The van der Waals surface area contributed by atoms with Crippen LogP contribution >= 0.6 is 22.9 Å². The molecule has 2 aromatic carbocycles. The number of para-hydroxylation sites is 1. The molecule has 0 fully saturated rings. The van der Waals surface area contributed by atoms with Crippen molar-refractivity contribution in [2.24, 2.45) is 0 Å². The Morgan fingerprint density at radius 3 is 2.74 bits per heavy atom. The van der Waals surface area contributed by atoms with Crippen LogP contribution in [0, 0.1) is 5.82 Å². The van der Waals surface area contributed by atoms with Gasteiger partial charge in [-0.15, -0.1) is 11.3 Å². The average Bonchev–Trinajstić information content (AvgIpc) is 3.28. The van der Waals surface area contributed by atoms with Crippen LogP contribution in [0.4, 0.5) is 15.2 Å². The quantitative estimate of drug-likeness (QED) is 0.295. The highest BCUT2D eigenvalue weighted by molar-refractivity contribution is 7.92. The largest absolute Gasteiger partial charge is 0.504 e. The molecule has 0 saturated carbocycles. The monoisotopic (exact) mass is 520 g/mol. The molecule has 0 aliphatic rings. The molecule has 4 rings (SSSR count). The molecule has 0 radical (unpaired) electrons. The van der Waals surface area contributed by atoms with Gasteiger partial charge in [0.15, 0.2) is 21.7 Å². The summed E-state index contributed by atoms with van der Waals surface area (Å²) in [5.74, 6) is -0.164. The van der Waals surface area contributed by atoms with Gasteiger partial charge in [-0.05, 0) is 36.4 Å². The fourth-order valence-electron chi connectivity index (χ4n) is 2.99. The molecular weight excluding hydrogens is 503 g/mol. The molecule has 0 spiro atoms. The Morgan fingerprint density at radius 2 is 2.03 bits per heavy atom. The number of pyridine rings is 1. The first-order chi connectivity index (χ1) is 16.3. The highest BCUT2D eigenvalue weighted by atomic mass is 35.5. The number of phenolic OH excluding ortho intramolecular Hbond substituents is 1. The number of aromatic nitrogens is 2. The molecule has 2 heterocycles. The van der Waals surface area contributed by atoms with Gasteiger partial charge in [0.1, 0.15) is 5.82 Å². The summed E-state index contributed by atoms with van der Waals surface area (Å²) in [7, 11) is -2.51. The second-order valence-corrected chi connectivity index (χ2v) is 9.87. The van der Waals surface area contributed by atoms with Gasteiger partial charge in [0, 0.05) is 23.1 Å². The molecule has 2 aromatic heterocycles. The molecular formula is C22H18ClFN4O4S2. The van der Waals surface area contributed by atoms with E-state index in [1.54, 1.807) is 29.6 Å². The van der Waals surface area contributed by atoms with Gasteiger partial charge in [-0.1, -0.05) is 23.7 Å². The van der Waals surface area contributed by atoms with E-state index >= 15 is 0 Å². The van der Waals surface area contributed by atoms with Gasteiger partial charge in [0.2, 0.25) is 0 Å². The number of sulfonamides is 1. The lowest BCUT2D eigenvalue weighted by molar-refractivity contribution is 0.371. The lowest BCUT2D eigenvalue weighted by atomic mass is 10.2. The highest BCUT2D eigenvalue weighted by Gasteiger charge is 2.18. The van der Waals surface area contributed by atoms with E-state index in [9.17, 15) is 17.9 Å². The van der Waals surface area contributed by atoms with E-state index in [1.807, 2.05) is 0 Å². The standard InChI is InChI=1S/C22H18ClFN4O4S2/c1-32-19-4-2-3-14(21(19)29)10-25-15-6-8-20(26-11-15)34(30,31)28-22-27-18(12-33-22)13-5-7-17(24)16(23)9-13/h2-9,11-12,25,29H,10H2,1H3,(H,27,28). The second kappa shape index (κ2) is 9.84. The number of hydrogen-bond donors (Lipinski definition) is 3. The second-order valence-electron chi connectivity index (χ2n) is 6.98. The third kappa shape index (κ3) is 5.22. The van der Waals surface area contributed by atoms with Crippen LogP contribution < -0.4 is 14.8 Å². The van der Waals surface area contributed by atoms with Crippen molar-refractivity contribution in [3.8, 4) is 22.8 Å². The van der Waals surface area contributed by atoms with E-state index < -0.39 is 15.8 Å². The maximum Gasteiger partial charge on any atom is 0.281 e. The van der Waals surface area contributed by atoms with Gasteiger partial charge < -0.3 is 15.2 Å². The van der Waals surface area contributed by atoms with Crippen molar-refractivity contribution < 1.29 is 22.7 Å². The third-order valence-electron chi connectivity index (χ3n) is 4.74. The summed E-state index contributed by atoms with van der Waals surface area (Å²) in [6.07, 6.45) is 1.37. The van der Waals surface area contributed by atoms with Crippen molar-refractivity contribution in [1.29, 1.82) is 0 Å². The van der Waals surface area contributed by atoms with E-state index in [1.165, 1.54) is 37.6 Å². The number of nitrogens with zero attached hydrogens (tertiary/aromatic N) is 2. The van der Waals surface area contributed by atoms with Crippen LogP contribution in [0.25, 0.3) is 11.3 Å². The van der Waals surface area contributed by atoms with Crippen molar-refractivity contribution >= 4 is 43.8 Å². The van der Waals surface area contributed by atoms with Gasteiger partial charge in [-0.3, -0.25) is 4.72 Å². The first-order valence-electron chi connectivity index (χ1n) is 9.75. The molecule has 0 atom stereocenters. The number of aromatic hydroxyl groups is 1. The first kappa shape index (κ1) is 23.7. The number of phenols is 1. The van der Waals surface area contributed by atoms with Crippen molar-refractivity contribution in [3.63, 3.8) is 0 Å². The summed E-state index contributed by atoms with van der Waals surface area (Å²) in [5, 5.41) is 14.8. The van der Waals surface area contributed by atoms with Gasteiger partial charge >= 0.3 is 0 Å². The summed E-state index contributed by atoms with van der Waals surface area (Å²) < 4.78 is 46.3. The van der Waals surface area contributed by atoms with Crippen LogP contribution in [0.1, 0.15) is 5.56 Å². The minimum Gasteiger partial charge on any atom is -0.504 e. The van der Waals surface area contributed by atoms with Crippen molar-refractivity contribution in [2.45, 2.75) is 11.6 Å². The number of benzene rings is 2. The number of methoxy groups -OCH3 is 1. The zero-order chi connectivity index (χ0) is 24.3. The Bertz CT molecular complexity index is 1430. The van der Waals surface area contributed by atoms with E-state index in [2.05, 4.69) is 20.0 Å². The fraction of sp³-hybridized carbons (Fsp3) is 0.0909. The topological polar surface area (TPSA) is 113 Å². The lowest BCUT2D eigenvalue weighted by Gasteiger charge is -2.11. The van der Waals surface area contributed by atoms with E-state index in [0.29, 0.717) is 28.3 Å². The SMILES string of the molecule is COc1cccc(CNc2ccc(S(=O)(=O)Nc3nc(-c4ccc(F)c(Cl)c4)cs3)nc2)c1O. The predicted molar refractivity (Wildman–Crippen MR) is 130 cm³/mol. The summed E-state index contributed by atoms with van der Waals surface area (Å²) in [4.78, 5) is 8.26. The third-order valence-corrected chi connectivity index (χ3v) is 7.17. The van der Waals surface area contributed by atoms with Crippen LogP contribution in [-0.4, -0.2) is 30.6 Å². The maximum absolute atomic E-state index is 13.4. The molecule has 0 aliphatic carbocycles. The van der Waals surface area contributed by atoms with E-state index in [-0.39, 0.29) is 27.5 Å². The summed E-state index contributed by atoms with van der Waals surface area (Å²) in [6, 6.07) is 12.2. The normalized spacial score (nSPS) is 11.3. The van der Waals surface area contributed by atoms with Crippen LogP contribution in [-0.2, 0) is 16.6 Å². The molecule has 34 heavy (non-hydrogen) atoms. The summed E-state index contributed by atoms with van der Waals surface area (Å²) in [5.41, 5.74) is 2.19. The Balaban J connectivity index is 1.43. The predicted octanol–water partition coefficient (Wildman–Crippen LogP) is 5.12. The van der Waals surface area contributed by atoms with Crippen LogP contribution in [0.5, 0.6) is 11.5 Å². The Morgan fingerprint density at radius 1 is 1.21 bits per heavy atom. The van der Waals surface area contributed by atoms with Crippen LogP contribution in [0.2, 0.25) is 5.02 Å². The van der Waals surface area contributed by atoms with Gasteiger partial charge in [0.25, 0.3) is 10.0 Å². The molecule has 0 aliphatic heterocycles. The minimum atomic E-state index is -3.98. The van der Waals surface area contributed by atoms with Gasteiger partial charge in [0.05, 0.1) is 29.7 Å². The van der Waals surface area contributed by atoms with Crippen molar-refractivity contribution in [3.05, 3.63) is 76.5 Å². The molecule has 12 heteroatoms. The molecule has 176 valence electrons. The fourth-order valence-corrected chi connectivity index (χ4v) is 5.08. The average molecular weight is 521 g/mol. The van der Waals surface area contributed by atoms with Gasteiger partial charge in [-0.2, -0.15) is 8.42 Å². The summed E-state index contributed by atoms with van der Waals surface area (Å²) in [6.45, 7) is 0.282. The molecule has 3 N–H and O–H groups in total. The molecule has 0 amide bonds. The number of rotatable bonds is 8. The van der Waals surface area contributed by atoms with Crippen molar-refractivity contribution in [2.75, 3.05) is 17.1 Å². The molecule has 4 aromatic rings. The number of nitrogens with one attached hydrogen (secondary N) is 2. The minimum absolute atomic E-state index is 0.0274. The molecule has 0 saturated heterocycles. The number of thiazole rings is 1. The molecule has 0 bridgehead atoms. The number of halogens is 2.